The van der Waals surface area contributed by atoms with Gasteiger partial charge in [0, 0.05) is 51.4 Å². The van der Waals surface area contributed by atoms with E-state index in [1.165, 1.54) is 5.56 Å². The molecule has 34 heavy (non-hydrogen) atoms. The molecule has 3 heterocycles. The summed E-state index contributed by atoms with van der Waals surface area (Å²) in [5.41, 5.74) is 8.16. The average Bonchev–Trinajstić information content (AvgIpc) is 3.22. The minimum atomic E-state index is 0.141. The largest absolute Gasteiger partial charge is 0.340 e. The summed E-state index contributed by atoms with van der Waals surface area (Å²) < 4.78 is 2.19. The van der Waals surface area contributed by atoms with Crippen LogP contribution in [0.25, 0.3) is 28.0 Å². The number of fused-ring (bicyclic) bond motifs is 1. The molecule has 170 valence electrons. The monoisotopic (exact) mass is 449 g/mol. The molecule has 0 radical (unpaired) electrons. The lowest BCUT2D eigenvalue weighted by Crippen LogP contribution is -2.47. The number of carbonyl (C=O) groups is 1. The lowest BCUT2D eigenvalue weighted by molar-refractivity contribution is -0.130. The van der Waals surface area contributed by atoms with Gasteiger partial charge in [-0.2, -0.15) is 5.26 Å². The second kappa shape index (κ2) is 9.12. The van der Waals surface area contributed by atoms with E-state index in [9.17, 15) is 4.79 Å². The number of nitrogens with zero attached hydrogens (tertiary/aromatic N) is 5. The molecule has 0 N–H and O–H groups in total. The first-order chi connectivity index (χ1) is 16.5. The van der Waals surface area contributed by atoms with Crippen LogP contribution in [-0.4, -0.2) is 51.3 Å². The molecule has 0 aliphatic carbocycles. The highest BCUT2D eigenvalue weighted by atomic mass is 16.2. The minimum absolute atomic E-state index is 0.141. The number of aryl methyl sites for hydroxylation is 1. The van der Waals surface area contributed by atoms with Crippen molar-refractivity contribution in [3.8, 4) is 28.5 Å². The van der Waals surface area contributed by atoms with Crippen LogP contribution in [0.3, 0.4) is 0 Å². The van der Waals surface area contributed by atoms with Gasteiger partial charge in [-0.25, -0.2) is 4.98 Å². The van der Waals surface area contributed by atoms with E-state index >= 15 is 0 Å². The van der Waals surface area contributed by atoms with Crippen molar-refractivity contribution < 1.29 is 4.79 Å². The zero-order valence-corrected chi connectivity index (χ0v) is 19.5. The third kappa shape index (κ3) is 4.30. The fourth-order valence-corrected chi connectivity index (χ4v) is 4.53. The van der Waals surface area contributed by atoms with Gasteiger partial charge in [-0.15, -0.1) is 0 Å². The van der Waals surface area contributed by atoms with E-state index in [-0.39, 0.29) is 5.91 Å². The third-order valence-corrected chi connectivity index (χ3v) is 6.58. The molecule has 2 aromatic carbocycles. The molecule has 0 bridgehead atoms. The first kappa shape index (κ1) is 21.9. The number of carbonyl (C=O) groups excluding carboxylic acids is 1. The maximum Gasteiger partial charge on any atom is 0.219 e. The van der Waals surface area contributed by atoms with Gasteiger partial charge in [-0.3, -0.25) is 9.69 Å². The lowest BCUT2D eigenvalue weighted by atomic mass is 10.1. The molecule has 4 aromatic rings. The van der Waals surface area contributed by atoms with Crippen LogP contribution in [0.1, 0.15) is 23.7 Å². The quantitative estimate of drug-likeness (QED) is 0.460. The molecule has 1 aliphatic rings. The fraction of sp³-hybridized carbons (Fsp3) is 0.250. The van der Waals surface area contributed by atoms with E-state index in [0.29, 0.717) is 5.56 Å². The van der Waals surface area contributed by atoms with Gasteiger partial charge in [-0.05, 0) is 42.3 Å². The summed E-state index contributed by atoms with van der Waals surface area (Å²) in [5, 5.41) is 9.12. The summed E-state index contributed by atoms with van der Waals surface area (Å²) in [4.78, 5) is 21.1. The predicted molar refractivity (Wildman–Crippen MR) is 133 cm³/mol. The van der Waals surface area contributed by atoms with Gasteiger partial charge >= 0.3 is 0 Å². The van der Waals surface area contributed by atoms with Gasteiger partial charge in [-0.1, -0.05) is 42.0 Å². The number of amides is 1. The van der Waals surface area contributed by atoms with Crippen molar-refractivity contribution in [1.29, 1.82) is 5.26 Å². The van der Waals surface area contributed by atoms with Crippen molar-refractivity contribution in [2.75, 3.05) is 26.2 Å². The van der Waals surface area contributed by atoms with Crippen molar-refractivity contribution >= 4 is 11.6 Å². The molecular formula is C28H27N5O. The molecular weight excluding hydrogens is 422 g/mol. The van der Waals surface area contributed by atoms with Crippen LogP contribution >= 0.6 is 0 Å². The molecule has 1 aliphatic heterocycles. The SMILES string of the molecule is CC(=O)N1CCN(Cc2c(-c3ccc(C)cc3)nc3ccc(-c4ccc(C#N)cc4)cn23)CC1. The number of piperazine rings is 1. The van der Waals surface area contributed by atoms with E-state index in [4.69, 9.17) is 10.2 Å². The standard InChI is InChI=1S/C28H27N5O/c1-20-3-7-24(8-4-20)28-26(19-31-13-15-32(16-14-31)21(2)34)33-18-25(11-12-27(33)30-28)23-9-5-22(17-29)6-10-23/h3-12,18H,13-16,19H2,1-2H3. The Bertz CT molecular complexity index is 1370. The lowest BCUT2D eigenvalue weighted by Gasteiger charge is -2.34. The van der Waals surface area contributed by atoms with Crippen LogP contribution in [0.15, 0.2) is 66.9 Å². The van der Waals surface area contributed by atoms with E-state index < -0.39 is 0 Å². The highest BCUT2D eigenvalue weighted by molar-refractivity contribution is 5.73. The topological polar surface area (TPSA) is 64.6 Å². The molecule has 1 fully saturated rings. The molecule has 5 rings (SSSR count). The van der Waals surface area contributed by atoms with Crippen LogP contribution in [0.4, 0.5) is 0 Å². The molecule has 0 unspecified atom stereocenters. The Morgan fingerprint density at radius 1 is 0.912 bits per heavy atom. The highest BCUT2D eigenvalue weighted by Crippen LogP contribution is 2.29. The summed E-state index contributed by atoms with van der Waals surface area (Å²) >= 11 is 0. The average molecular weight is 450 g/mol. The number of benzene rings is 2. The molecule has 6 nitrogen and oxygen atoms in total. The van der Waals surface area contributed by atoms with Crippen molar-refractivity contribution in [1.82, 2.24) is 19.2 Å². The Labute approximate surface area is 199 Å². The fourth-order valence-electron chi connectivity index (χ4n) is 4.53. The molecule has 0 atom stereocenters. The summed E-state index contributed by atoms with van der Waals surface area (Å²) in [6.45, 7) is 7.68. The highest BCUT2D eigenvalue weighted by Gasteiger charge is 2.22. The number of nitriles is 1. The van der Waals surface area contributed by atoms with Gasteiger partial charge < -0.3 is 9.30 Å². The molecule has 1 amide bonds. The van der Waals surface area contributed by atoms with E-state index in [1.807, 2.05) is 29.2 Å². The first-order valence-corrected chi connectivity index (χ1v) is 11.6. The zero-order valence-electron chi connectivity index (χ0n) is 19.5. The van der Waals surface area contributed by atoms with Gasteiger partial charge in [0.05, 0.1) is 23.0 Å². The number of imidazole rings is 1. The minimum Gasteiger partial charge on any atom is -0.340 e. The van der Waals surface area contributed by atoms with Gasteiger partial charge in [0.2, 0.25) is 5.91 Å². The normalized spacial score (nSPS) is 14.3. The van der Waals surface area contributed by atoms with Crippen molar-refractivity contribution in [2.24, 2.45) is 0 Å². The van der Waals surface area contributed by atoms with Crippen molar-refractivity contribution in [3.63, 3.8) is 0 Å². The second-order valence-electron chi connectivity index (χ2n) is 8.89. The van der Waals surface area contributed by atoms with Crippen LogP contribution in [0, 0.1) is 18.3 Å². The van der Waals surface area contributed by atoms with Crippen molar-refractivity contribution in [2.45, 2.75) is 20.4 Å². The number of hydrogen-bond donors (Lipinski definition) is 0. The summed E-state index contributed by atoms with van der Waals surface area (Å²) in [6.07, 6.45) is 2.14. The summed E-state index contributed by atoms with van der Waals surface area (Å²) in [7, 11) is 0. The third-order valence-electron chi connectivity index (χ3n) is 6.58. The van der Waals surface area contributed by atoms with E-state index in [2.05, 4.69) is 64.9 Å². The Morgan fingerprint density at radius 3 is 2.21 bits per heavy atom. The maximum atomic E-state index is 11.8. The van der Waals surface area contributed by atoms with E-state index in [1.54, 1.807) is 6.92 Å². The Hall–Kier alpha value is -3.95. The number of rotatable bonds is 4. The van der Waals surface area contributed by atoms with Gasteiger partial charge in [0.15, 0.2) is 0 Å². The maximum absolute atomic E-state index is 11.8. The molecule has 1 saturated heterocycles. The summed E-state index contributed by atoms with van der Waals surface area (Å²) in [6, 6.07) is 22.5. The second-order valence-corrected chi connectivity index (χ2v) is 8.89. The van der Waals surface area contributed by atoms with Gasteiger partial charge in [0.1, 0.15) is 5.65 Å². The van der Waals surface area contributed by atoms with Crippen LogP contribution in [0.5, 0.6) is 0 Å². The molecule has 2 aromatic heterocycles. The van der Waals surface area contributed by atoms with Gasteiger partial charge in [0.25, 0.3) is 0 Å². The Morgan fingerprint density at radius 2 is 1.56 bits per heavy atom. The molecule has 0 spiro atoms. The van der Waals surface area contributed by atoms with Crippen LogP contribution in [-0.2, 0) is 11.3 Å². The number of aromatic nitrogens is 2. The Balaban J connectivity index is 1.55. The van der Waals surface area contributed by atoms with Crippen molar-refractivity contribution in [3.05, 3.63) is 83.7 Å². The number of pyridine rings is 1. The van der Waals surface area contributed by atoms with Crippen LogP contribution in [0.2, 0.25) is 0 Å². The number of hydrogen-bond acceptors (Lipinski definition) is 4. The molecule has 0 saturated carbocycles. The smallest absolute Gasteiger partial charge is 0.219 e. The Kier molecular flexibility index (Phi) is 5.87. The van der Waals surface area contributed by atoms with Crippen LogP contribution < -0.4 is 0 Å². The molecule has 6 heteroatoms. The first-order valence-electron chi connectivity index (χ1n) is 11.6. The predicted octanol–water partition coefficient (Wildman–Crippen LogP) is 4.51. The van der Waals surface area contributed by atoms with E-state index in [0.717, 1.165) is 66.4 Å². The summed E-state index contributed by atoms with van der Waals surface area (Å²) in [5.74, 6) is 0.141. The zero-order chi connectivity index (χ0) is 23.7.